The van der Waals surface area contributed by atoms with Gasteiger partial charge >= 0.3 is 0 Å². The number of aryl methyl sites for hydroxylation is 2. The van der Waals surface area contributed by atoms with Crippen LogP contribution in [0.4, 0.5) is 5.69 Å². The summed E-state index contributed by atoms with van der Waals surface area (Å²) in [6.45, 7) is 6.38. The molecule has 3 rings (SSSR count). The fourth-order valence-electron chi connectivity index (χ4n) is 2.59. The Bertz CT molecular complexity index is 1010. The lowest BCUT2D eigenvalue weighted by atomic mass is 10.1. The van der Waals surface area contributed by atoms with Gasteiger partial charge in [-0.05, 0) is 56.2 Å². The van der Waals surface area contributed by atoms with Crippen LogP contribution in [0.5, 0.6) is 5.75 Å². The highest BCUT2D eigenvalue weighted by molar-refractivity contribution is 6.05. The number of benzene rings is 2. The molecule has 0 spiro atoms. The number of hydrogen-bond acceptors (Lipinski definition) is 4. The van der Waals surface area contributed by atoms with Gasteiger partial charge in [-0.1, -0.05) is 18.2 Å². The lowest BCUT2D eigenvalue weighted by Gasteiger charge is -2.10. The molecular formula is C20H20N2O3. The number of fused-ring (bicyclic) bond motifs is 1. The Balaban J connectivity index is 1.97. The van der Waals surface area contributed by atoms with Crippen LogP contribution in [0.15, 0.2) is 46.9 Å². The molecule has 2 aromatic carbocycles. The number of nitrogens with one attached hydrogen (secondary N) is 2. The van der Waals surface area contributed by atoms with Gasteiger partial charge in [-0.15, -0.1) is 0 Å². The molecule has 1 aromatic heterocycles. The number of para-hydroxylation sites is 1. The lowest BCUT2D eigenvalue weighted by Crippen LogP contribution is -2.21. The van der Waals surface area contributed by atoms with Crippen molar-refractivity contribution < 1.29 is 13.9 Å². The molecule has 1 heterocycles. The molecule has 0 bridgehead atoms. The smallest absolute Gasteiger partial charge is 0.261 e. The van der Waals surface area contributed by atoms with Gasteiger partial charge in [-0.25, -0.2) is 0 Å². The molecule has 0 saturated carbocycles. The average Bonchev–Trinajstić information content (AvgIpc) is 2.58. The van der Waals surface area contributed by atoms with E-state index >= 15 is 0 Å². The van der Waals surface area contributed by atoms with Crippen LogP contribution in [-0.4, -0.2) is 12.5 Å². The maximum absolute atomic E-state index is 12.6. The number of ether oxygens (including phenoxy) is 1. The molecule has 0 fully saturated rings. The first kappa shape index (κ1) is 16.8. The van der Waals surface area contributed by atoms with E-state index in [9.17, 15) is 4.79 Å². The van der Waals surface area contributed by atoms with Gasteiger partial charge in [0.1, 0.15) is 5.56 Å². The average molecular weight is 336 g/mol. The number of carbonyl (C=O) groups excluding carboxylic acids is 1. The van der Waals surface area contributed by atoms with E-state index in [1.807, 2.05) is 51.1 Å². The molecule has 0 unspecified atom stereocenters. The maximum Gasteiger partial charge on any atom is 0.261 e. The van der Waals surface area contributed by atoms with Gasteiger partial charge in [-0.3, -0.25) is 10.2 Å². The van der Waals surface area contributed by atoms with Gasteiger partial charge in [0.15, 0.2) is 11.3 Å². The Labute approximate surface area is 145 Å². The van der Waals surface area contributed by atoms with Crippen molar-refractivity contribution >= 4 is 22.6 Å². The van der Waals surface area contributed by atoms with Crippen LogP contribution in [0, 0.1) is 19.3 Å². The Morgan fingerprint density at radius 2 is 1.96 bits per heavy atom. The summed E-state index contributed by atoms with van der Waals surface area (Å²) in [6, 6.07) is 12.8. The van der Waals surface area contributed by atoms with Crippen molar-refractivity contribution in [3.63, 3.8) is 0 Å². The third kappa shape index (κ3) is 3.40. The zero-order valence-corrected chi connectivity index (χ0v) is 14.5. The molecule has 25 heavy (non-hydrogen) atoms. The molecule has 1 amide bonds. The Morgan fingerprint density at radius 1 is 1.16 bits per heavy atom. The number of rotatable bonds is 4. The zero-order valence-electron chi connectivity index (χ0n) is 14.5. The second-order valence-corrected chi connectivity index (χ2v) is 5.85. The summed E-state index contributed by atoms with van der Waals surface area (Å²) in [4.78, 5) is 12.6. The predicted octanol–water partition coefficient (Wildman–Crippen LogP) is 4.18. The number of hydrogen-bond donors (Lipinski definition) is 2. The molecular weight excluding hydrogens is 316 g/mol. The molecule has 128 valence electrons. The van der Waals surface area contributed by atoms with Crippen LogP contribution in [0.3, 0.4) is 0 Å². The summed E-state index contributed by atoms with van der Waals surface area (Å²) in [5.74, 6) is 0.190. The topological polar surface area (TPSA) is 75.3 Å². The van der Waals surface area contributed by atoms with Gasteiger partial charge in [0.25, 0.3) is 5.91 Å². The highest BCUT2D eigenvalue weighted by atomic mass is 16.5. The van der Waals surface area contributed by atoms with Crippen LogP contribution < -0.4 is 15.6 Å². The van der Waals surface area contributed by atoms with Gasteiger partial charge in [-0.2, -0.15) is 0 Å². The monoisotopic (exact) mass is 336 g/mol. The molecule has 0 atom stereocenters. The van der Waals surface area contributed by atoms with Crippen molar-refractivity contribution in [3.8, 4) is 5.75 Å². The van der Waals surface area contributed by atoms with E-state index < -0.39 is 0 Å². The minimum absolute atomic E-state index is 0.180. The standard InChI is InChI=1S/C20H20N2O3/c1-4-24-17-7-5-6-14-11-16(19(21)25-18(14)17)20(23)22-15-9-8-12(2)13(3)10-15/h5-11,21H,4H2,1-3H3,(H,22,23). The Morgan fingerprint density at radius 3 is 2.68 bits per heavy atom. The Hall–Kier alpha value is -3.08. The van der Waals surface area contributed by atoms with Crippen molar-refractivity contribution in [2.75, 3.05) is 11.9 Å². The third-order valence-electron chi connectivity index (χ3n) is 4.07. The molecule has 5 heteroatoms. The second kappa shape index (κ2) is 6.81. The maximum atomic E-state index is 12.6. The summed E-state index contributed by atoms with van der Waals surface area (Å²) >= 11 is 0. The van der Waals surface area contributed by atoms with Gasteiger partial charge in [0.2, 0.25) is 5.55 Å². The fraction of sp³-hybridized carbons (Fsp3) is 0.200. The SMILES string of the molecule is CCOc1cccc2cc(C(=O)Nc3ccc(C)c(C)c3)c(=N)oc12. The minimum Gasteiger partial charge on any atom is -0.490 e. The number of carbonyl (C=O) groups is 1. The van der Waals surface area contributed by atoms with Gasteiger partial charge < -0.3 is 14.5 Å². The van der Waals surface area contributed by atoms with E-state index in [2.05, 4.69) is 5.32 Å². The van der Waals surface area contributed by atoms with Crippen LogP contribution in [0.2, 0.25) is 0 Å². The molecule has 0 aliphatic rings. The predicted molar refractivity (Wildman–Crippen MR) is 97.1 cm³/mol. The van der Waals surface area contributed by atoms with E-state index in [1.54, 1.807) is 12.1 Å². The number of amides is 1. The molecule has 2 N–H and O–H groups in total. The van der Waals surface area contributed by atoms with E-state index in [0.717, 1.165) is 11.1 Å². The summed E-state index contributed by atoms with van der Waals surface area (Å²) in [7, 11) is 0. The Kier molecular flexibility index (Phi) is 4.57. The van der Waals surface area contributed by atoms with E-state index in [1.165, 1.54) is 0 Å². The van der Waals surface area contributed by atoms with Crippen LogP contribution in [0.25, 0.3) is 11.0 Å². The minimum atomic E-state index is -0.374. The van der Waals surface area contributed by atoms with Crippen molar-refractivity contribution in [1.82, 2.24) is 0 Å². The highest BCUT2D eigenvalue weighted by Gasteiger charge is 2.14. The van der Waals surface area contributed by atoms with E-state index in [0.29, 0.717) is 29.0 Å². The van der Waals surface area contributed by atoms with Gasteiger partial charge in [0.05, 0.1) is 6.61 Å². The zero-order chi connectivity index (χ0) is 18.0. The van der Waals surface area contributed by atoms with Gasteiger partial charge in [0, 0.05) is 11.1 Å². The van der Waals surface area contributed by atoms with Crippen molar-refractivity contribution in [2.24, 2.45) is 0 Å². The number of anilines is 1. The molecule has 0 radical (unpaired) electrons. The van der Waals surface area contributed by atoms with Crippen LogP contribution in [-0.2, 0) is 0 Å². The highest BCUT2D eigenvalue weighted by Crippen LogP contribution is 2.25. The molecule has 3 aromatic rings. The summed E-state index contributed by atoms with van der Waals surface area (Å²) in [5, 5.41) is 11.6. The second-order valence-electron chi connectivity index (χ2n) is 5.85. The van der Waals surface area contributed by atoms with Crippen LogP contribution >= 0.6 is 0 Å². The molecule has 0 aliphatic carbocycles. The lowest BCUT2D eigenvalue weighted by molar-refractivity contribution is 0.102. The molecule has 0 aliphatic heterocycles. The van der Waals surface area contributed by atoms with Crippen molar-refractivity contribution in [1.29, 1.82) is 5.41 Å². The largest absolute Gasteiger partial charge is 0.490 e. The van der Waals surface area contributed by atoms with Crippen molar-refractivity contribution in [3.05, 3.63) is 64.7 Å². The van der Waals surface area contributed by atoms with E-state index in [-0.39, 0.29) is 17.0 Å². The molecule has 0 saturated heterocycles. The first-order valence-corrected chi connectivity index (χ1v) is 8.12. The first-order chi connectivity index (χ1) is 12.0. The summed E-state index contributed by atoms with van der Waals surface area (Å²) in [5.41, 5.74) is 3.39. The summed E-state index contributed by atoms with van der Waals surface area (Å²) in [6.07, 6.45) is 0. The quantitative estimate of drug-likeness (QED) is 0.750. The van der Waals surface area contributed by atoms with Crippen molar-refractivity contribution in [2.45, 2.75) is 20.8 Å². The fourth-order valence-corrected chi connectivity index (χ4v) is 2.59. The summed E-state index contributed by atoms with van der Waals surface area (Å²) < 4.78 is 11.1. The normalized spacial score (nSPS) is 10.7. The van der Waals surface area contributed by atoms with E-state index in [4.69, 9.17) is 14.6 Å². The third-order valence-corrected chi connectivity index (χ3v) is 4.07. The molecule has 5 nitrogen and oxygen atoms in total. The van der Waals surface area contributed by atoms with Crippen LogP contribution in [0.1, 0.15) is 28.4 Å². The first-order valence-electron chi connectivity index (χ1n) is 8.12.